The van der Waals surface area contributed by atoms with Crippen LogP contribution in [0.25, 0.3) is 22.4 Å². The van der Waals surface area contributed by atoms with Crippen LogP contribution in [0.15, 0.2) is 42.5 Å². The van der Waals surface area contributed by atoms with Gasteiger partial charge in [0.25, 0.3) is 0 Å². The molecule has 4 rings (SSSR count). The highest BCUT2D eigenvalue weighted by atomic mass is 32.2. The predicted octanol–water partition coefficient (Wildman–Crippen LogP) is 4.10. The first-order chi connectivity index (χ1) is 12.6. The molecule has 6 heteroatoms. The van der Waals surface area contributed by atoms with Crippen LogP contribution >= 0.6 is 11.8 Å². The summed E-state index contributed by atoms with van der Waals surface area (Å²) in [6.45, 7) is 0. The Bertz CT molecular complexity index is 930. The molecule has 0 radical (unpaired) electrons. The highest BCUT2D eigenvalue weighted by molar-refractivity contribution is 7.99. The number of carboxylic acids is 1. The van der Waals surface area contributed by atoms with Crippen LogP contribution in [-0.4, -0.2) is 37.7 Å². The highest BCUT2D eigenvalue weighted by Crippen LogP contribution is 2.34. The van der Waals surface area contributed by atoms with Crippen molar-refractivity contribution in [2.24, 2.45) is 5.92 Å². The summed E-state index contributed by atoms with van der Waals surface area (Å²) in [6.07, 6.45) is 1.70. The Hall–Kier alpha value is -2.31. The quantitative estimate of drug-likeness (QED) is 0.645. The molecule has 5 nitrogen and oxygen atoms in total. The summed E-state index contributed by atoms with van der Waals surface area (Å²) >= 11 is 1.96. The molecular formula is C20H20N2O3S. The van der Waals surface area contributed by atoms with Gasteiger partial charge in [0.2, 0.25) is 0 Å². The summed E-state index contributed by atoms with van der Waals surface area (Å²) in [6, 6.07) is 12.7. The van der Waals surface area contributed by atoms with Crippen molar-refractivity contribution in [1.29, 1.82) is 0 Å². The molecule has 0 amide bonds. The lowest BCUT2D eigenvalue weighted by atomic mass is 9.90. The lowest BCUT2D eigenvalue weighted by molar-refractivity contribution is 0.0697. The molecule has 0 aliphatic carbocycles. The number of hydrogen-bond donors (Lipinski definition) is 3. The molecule has 0 spiro atoms. The zero-order valence-corrected chi connectivity index (χ0v) is 15.0. The van der Waals surface area contributed by atoms with E-state index < -0.39 is 12.1 Å². The van der Waals surface area contributed by atoms with Crippen LogP contribution in [0.2, 0.25) is 0 Å². The van der Waals surface area contributed by atoms with Gasteiger partial charge < -0.3 is 15.2 Å². The molecule has 3 aromatic rings. The smallest absolute Gasteiger partial charge is 0.335 e. The van der Waals surface area contributed by atoms with Crippen LogP contribution in [0.4, 0.5) is 0 Å². The molecule has 2 aromatic carbocycles. The van der Waals surface area contributed by atoms with Gasteiger partial charge in [-0.1, -0.05) is 24.3 Å². The predicted molar refractivity (Wildman–Crippen MR) is 103 cm³/mol. The Labute approximate surface area is 155 Å². The first kappa shape index (κ1) is 17.1. The zero-order chi connectivity index (χ0) is 18.1. The number of aromatic nitrogens is 2. The van der Waals surface area contributed by atoms with E-state index in [1.165, 1.54) is 0 Å². The molecule has 1 atom stereocenters. The van der Waals surface area contributed by atoms with Gasteiger partial charge in [-0.15, -0.1) is 0 Å². The number of rotatable bonds is 4. The minimum absolute atomic E-state index is 0.233. The van der Waals surface area contributed by atoms with Gasteiger partial charge in [0.05, 0.1) is 22.7 Å². The van der Waals surface area contributed by atoms with Crippen LogP contribution < -0.4 is 0 Å². The largest absolute Gasteiger partial charge is 0.478 e. The average Bonchev–Trinajstić information content (AvgIpc) is 3.11. The summed E-state index contributed by atoms with van der Waals surface area (Å²) in [5, 5.41) is 19.7. The topological polar surface area (TPSA) is 86.2 Å². The molecule has 0 saturated carbocycles. The SMILES string of the molecule is O=C(O)c1ccc2nc(-c3ccc(C(O)C4CCSCC4)cc3)[nH]c2c1. The maximum absolute atomic E-state index is 11.1. The van der Waals surface area contributed by atoms with Gasteiger partial charge in [0.1, 0.15) is 5.82 Å². The second-order valence-corrected chi connectivity index (χ2v) is 7.86. The third kappa shape index (κ3) is 3.34. The molecular weight excluding hydrogens is 348 g/mol. The van der Waals surface area contributed by atoms with Crippen molar-refractivity contribution in [2.45, 2.75) is 18.9 Å². The van der Waals surface area contributed by atoms with Crippen LogP contribution in [-0.2, 0) is 0 Å². The molecule has 134 valence electrons. The summed E-state index contributed by atoms with van der Waals surface area (Å²) < 4.78 is 0. The molecule has 3 N–H and O–H groups in total. The second kappa shape index (κ2) is 7.13. The normalized spacial score (nSPS) is 16.7. The Balaban J connectivity index is 1.58. The molecule has 2 heterocycles. The first-order valence-corrected chi connectivity index (χ1v) is 9.86. The van der Waals surface area contributed by atoms with Crippen molar-refractivity contribution < 1.29 is 15.0 Å². The number of aliphatic hydroxyl groups excluding tert-OH is 1. The van der Waals surface area contributed by atoms with Gasteiger partial charge in [-0.05, 0) is 54.0 Å². The molecule has 1 saturated heterocycles. The van der Waals surface area contributed by atoms with Crippen LogP contribution in [0.5, 0.6) is 0 Å². The van der Waals surface area contributed by atoms with Crippen molar-refractivity contribution in [3.8, 4) is 11.4 Å². The van der Waals surface area contributed by atoms with Crippen molar-refractivity contribution in [3.63, 3.8) is 0 Å². The fraction of sp³-hybridized carbons (Fsp3) is 0.300. The number of imidazole rings is 1. The minimum atomic E-state index is -0.956. The number of carbonyl (C=O) groups is 1. The second-order valence-electron chi connectivity index (χ2n) is 6.64. The monoisotopic (exact) mass is 368 g/mol. The van der Waals surface area contributed by atoms with E-state index >= 15 is 0 Å². The standard InChI is InChI=1S/C20H20N2O3S/c23-18(13-7-9-26-10-8-13)12-1-3-14(4-2-12)19-21-16-6-5-15(20(24)25)11-17(16)22-19/h1-6,11,13,18,23H,7-10H2,(H,21,22)(H,24,25). The fourth-order valence-electron chi connectivity index (χ4n) is 3.42. The first-order valence-electron chi connectivity index (χ1n) is 8.71. The van der Waals surface area contributed by atoms with Crippen LogP contribution in [0, 0.1) is 5.92 Å². The molecule has 1 aliphatic rings. The Morgan fingerprint density at radius 3 is 2.58 bits per heavy atom. The molecule has 1 aromatic heterocycles. The Morgan fingerprint density at radius 2 is 1.88 bits per heavy atom. The number of aliphatic hydroxyl groups is 1. The Kier molecular flexibility index (Phi) is 4.70. The number of benzene rings is 2. The van der Waals surface area contributed by atoms with Crippen molar-refractivity contribution in [1.82, 2.24) is 9.97 Å². The van der Waals surface area contributed by atoms with Gasteiger partial charge in [-0.25, -0.2) is 9.78 Å². The number of nitrogens with one attached hydrogen (secondary N) is 1. The third-order valence-electron chi connectivity index (χ3n) is 4.97. The lowest BCUT2D eigenvalue weighted by Crippen LogP contribution is -2.18. The van der Waals surface area contributed by atoms with E-state index in [1.807, 2.05) is 36.0 Å². The van der Waals surface area contributed by atoms with E-state index in [2.05, 4.69) is 9.97 Å². The van der Waals surface area contributed by atoms with Gasteiger partial charge in [-0.3, -0.25) is 0 Å². The summed E-state index contributed by atoms with van der Waals surface area (Å²) in [5.74, 6) is 2.32. The molecule has 0 bridgehead atoms. The van der Waals surface area contributed by atoms with Gasteiger partial charge in [0, 0.05) is 5.56 Å². The third-order valence-corrected chi connectivity index (χ3v) is 6.02. The summed E-state index contributed by atoms with van der Waals surface area (Å²) in [5.41, 5.74) is 3.51. The number of hydrogen-bond acceptors (Lipinski definition) is 4. The van der Waals surface area contributed by atoms with Gasteiger partial charge in [-0.2, -0.15) is 11.8 Å². The van der Waals surface area contributed by atoms with Crippen LogP contribution in [0.1, 0.15) is 34.9 Å². The van der Waals surface area contributed by atoms with E-state index in [1.54, 1.807) is 18.2 Å². The molecule has 26 heavy (non-hydrogen) atoms. The maximum Gasteiger partial charge on any atom is 0.335 e. The number of nitrogens with zero attached hydrogens (tertiary/aromatic N) is 1. The lowest BCUT2D eigenvalue weighted by Gasteiger charge is -2.26. The fourth-order valence-corrected chi connectivity index (χ4v) is 4.56. The zero-order valence-electron chi connectivity index (χ0n) is 14.2. The number of aromatic carboxylic acids is 1. The number of H-pyrrole nitrogens is 1. The molecule has 1 aliphatic heterocycles. The van der Waals surface area contributed by atoms with Crippen molar-refractivity contribution in [2.75, 3.05) is 11.5 Å². The number of fused-ring (bicyclic) bond motifs is 1. The number of carboxylic acid groups (broad SMARTS) is 1. The highest BCUT2D eigenvalue weighted by Gasteiger charge is 2.23. The average molecular weight is 368 g/mol. The van der Waals surface area contributed by atoms with Gasteiger partial charge in [0.15, 0.2) is 0 Å². The summed E-state index contributed by atoms with van der Waals surface area (Å²) in [4.78, 5) is 18.8. The van der Waals surface area contributed by atoms with E-state index in [4.69, 9.17) is 5.11 Å². The van der Waals surface area contributed by atoms with E-state index in [0.29, 0.717) is 17.3 Å². The summed E-state index contributed by atoms with van der Waals surface area (Å²) in [7, 11) is 0. The maximum atomic E-state index is 11.1. The molecule has 1 unspecified atom stereocenters. The van der Waals surface area contributed by atoms with E-state index in [-0.39, 0.29) is 5.56 Å². The number of thioether (sulfide) groups is 1. The number of aromatic amines is 1. The van der Waals surface area contributed by atoms with Crippen molar-refractivity contribution >= 4 is 28.8 Å². The Morgan fingerprint density at radius 1 is 1.15 bits per heavy atom. The minimum Gasteiger partial charge on any atom is -0.478 e. The van der Waals surface area contributed by atoms with E-state index in [0.717, 1.165) is 41.0 Å². The molecule has 1 fully saturated rings. The van der Waals surface area contributed by atoms with Gasteiger partial charge >= 0.3 is 5.97 Å². The van der Waals surface area contributed by atoms with Crippen molar-refractivity contribution in [3.05, 3.63) is 53.6 Å². The van der Waals surface area contributed by atoms with E-state index in [9.17, 15) is 9.90 Å². The van der Waals surface area contributed by atoms with Crippen LogP contribution in [0.3, 0.4) is 0 Å².